The fourth-order valence-electron chi connectivity index (χ4n) is 1.45. The molecule has 2 saturated heterocycles. The maximum absolute atomic E-state index is 9.51. The Balaban J connectivity index is 0.000000315. The van der Waals surface area contributed by atoms with E-state index in [9.17, 15) is 4.79 Å². The van der Waals surface area contributed by atoms with Crippen LogP contribution in [0.3, 0.4) is 0 Å². The van der Waals surface area contributed by atoms with Crippen LogP contribution in [0.5, 0.6) is 0 Å². The number of rotatable bonds is 9. The molecule has 2 fully saturated rings. The van der Waals surface area contributed by atoms with Crippen molar-refractivity contribution in [2.75, 3.05) is 39.6 Å². The summed E-state index contributed by atoms with van der Waals surface area (Å²) in [5.41, 5.74) is 0.0732. The summed E-state index contributed by atoms with van der Waals surface area (Å²) in [6, 6.07) is 0. The van der Waals surface area contributed by atoms with Gasteiger partial charge in [0.2, 0.25) is 0 Å². The first-order valence-electron chi connectivity index (χ1n) is 7.17. The topological polar surface area (TPSA) is 80.8 Å². The largest absolute Gasteiger partial charge is 0.478 e. The number of ether oxygens (including phenoxy) is 4. The maximum atomic E-state index is 9.51. The summed E-state index contributed by atoms with van der Waals surface area (Å²) in [5.74, 6) is -0.891. The monoisotopic (exact) mass is 302 g/mol. The van der Waals surface area contributed by atoms with E-state index in [0.29, 0.717) is 12.2 Å². The second-order valence-electron chi connectivity index (χ2n) is 5.94. The summed E-state index contributed by atoms with van der Waals surface area (Å²) in [6.07, 6.45) is 3.26. The molecule has 2 atom stereocenters. The summed E-state index contributed by atoms with van der Waals surface area (Å²) in [5, 5.41) is 7.83. The Morgan fingerprint density at radius 1 is 1.19 bits per heavy atom. The van der Waals surface area contributed by atoms with Crippen molar-refractivity contribution in [2.45, 2.75) is 33.0 Å². The van der Waals surface area contributed by atoms with Crippen LogP contribution >= 0.6 is 0 Å². The molecule has 6 heteroatoms. The lowest BCUT2D eigenvalue weighted by Gasteiger charge is -2.23. The van der Waals surface area contributed by atoms with E-state index in [4.69, 9.17) is 24.1 Å². The van der Waals surface area contributed by atoms with Gasteiger partial charge in [-0.3, -0.25) is 0 Å². The highest BCUT2D eigenvalue weighted by molar-refractivity contribution is 5.79. The highest BCUT2D eigenvalue weighted by Gasteiger charge is 2.27. The smallest absolute Gasteiger partial charge is 0.327 e. The van der Waals surface area contributed by atoms with Crippen LogP contribution < -0.4 is 0 Å². The second-order valence-corrected chi connectivity index (χ2v) is 5.94. The van der Waals surface area contributed by atoms with Crippen LogP contribution in [0.15, 0.2) is 12.2 Å². The molecule has 0 spiro atoms. The van der Waals surface area contributed by atoms with Gasteiger partial charge in [0, 0.05) is 11.5 Å². The number of epoxide rings is 2. The average Bonchev–Trinajstić information content (AvgIpc) is 3.23. The fourth-order valence-corrected chi connectivity index (χ4v) is 1.45. The number of carbonyl (C=O) groups is 1. The lowest BCUT2D eigenvalue weighted by molar-refractivity contribution is -0.131. The van der Waals surface area contributed by atoms with Gasteiger partial charge in [0.25, 0.3) is 0 Å². The van der Waals surface area contributed by atoms with E-state index >= 15 is 0 Å². The van der Waals surface area contributed by atoms with Crippen molar-refractivity contribution in [2.24, 2.45) is 5.41 Å². The molecule has 2 aliphatic rings. The third kappa shape index (κ3) is 11.4. The Kier molecular flexibility index (Phi) is 7.88. The molecule has 0 radical (unpaired) electrons. The van der Waals surface area contributed by atoms with E-state index in [2.05, 4.69) is 13.8 Å². The van der Waals surface area contributed by atoms with Crippen LogP contribution in [0.25, 0.3) is 0 Å². The number of allylic oxidation sites excluding steroid dienone is 1. The van der Waals surface area contributed by atoms with Crippen molar-refractivity contribution >= 4 is 5.97 Å². The van der Waals surface area contributed by atoms with Crippen molar-refractivity contribution in [1.82, 2.24) is 0 Å². The zero-order valence-corrected chi connectivity index (χ0v) is 13.0. The molecule has 6 nitrogen and oxygen atoms in total. The zero-order valence-electron chi connectivity index (χ0n) is 13.0. The third-order valence-electron chi connectivity index (χ3n) is 2.71. The SMILES string of the molecule is CC(C)(COCC1CO1)COCC1CO1.CC=CC(=O)O. The lowest BCUT2D eigenvalue weighted by atomic mass is 9.96. The maximum Gasteiger partial charge on any atom is 0.327 e. The van der Waals surface area contributed by atoms with E-state index in [1.165, 1.54) is 6.08 Å². The molecule has 2 unspecified atom stereocenters. The minimum absolute atomic E-state index is 0.0732. The molecule has 2 aliphatic heterocycles. The van der Waals surface area contributed by atoms with Gasteiger partial charge in [0.1, 0.15) is 12.2 Å². The van der Waals surface area contributed by atoms with Crippen molar-refractivity contribution in [1.29, 1.82) is 0 Å². The fraction of sp³-hybridized carbons (Fsp3) is 0.800. The minimum atomic E-state index is -0.891. The van der Waals surface area contributed by atoms with E-state index in [-0.39, 0.29) is 5.41 Å². The van der Waals surface area contributed by atoms with Crippen LogP contribution in [0.2, 0.25) is 0 Å². The number of carboxylic acid groups (broad SMARTS) is 1. The molecule has 0 saturated carbocycles. The van der Waals surface area contributed by atoms with Crippen LogP contribution in [0.1, 0.15) is 20.8 Å². The number of aliphatic carboxylic acids is 1. The molecular formula is C15H26O6. The van der Waals surface area contributed by atoms with E-state index < -0.39 is 5.97 Å². The first-order chi connectivity index (χ1) is 9.93. The Hall–Kier alpha value is -0.950. The molecule has 0 aromatic heterocycles. The summed E-state index contributed by atoms with van der Waals surface area (Å²) in [4.78, 5) is 9.51. The predicted octanol–water partition coefficient (Wildman–Crippen LogP) is 1.49. The quantitative estimate of drug-likeness (QED) is 0.513. The highest BCUT2D eigenvalue weighted by atomic mass is 16.6. The van der Waals surface area contributed by atoms with Gasteiger partial charge >= 0.3 is 5.97 Å². The van der Waals surface area contributed by atoms with Gasteiger partial charge in [0.15, 0.2) is 0 Å². The molecule has 0 aliphatic carbocycles. The van der Waals surface area contributed by atoms with Gasteiger partial charge < -0.3 is 24.1 Å². The first-order valence-corrected chi connectivity index (χ1v) is 7.17. The number of carboxylic acids is 1. The average molecular weight is 302 g/mol. The van der Waals surface area contributed by atoms with Gasteiger partial charge in [-0.25, -0.2) is 4.79 Å². The standard InChI is InChI=1S/C11H20O4.C4H6O2/c1-11(2,7-12-3-9-5-14-9)8-13-4-10-6-15-10;1-2-3-4(5)6/h9-10H,3-8H2,1-2H3;2-3H,1H3,(H,5,6). The molecule has 0 amide bonds. The minimum Gasteiger partial charge on any atom is -0.478 e. The number of hydrogen-bond acceptors (Lipinski definition) is 5. The zero-order chi connectivity index (χ0) is 15.7. The van der Waals surface area contributed by atoms with E-state index in [0.717, 1.165) is 45.7 Å². The summed E-state index contributed by atoms with van der Waals surface area (Å²) >= 11 is 0. The highest BCUT2D eigenvalue weighted by Crippen LogP contribution is 2.19. The summed E-state index contributed by atoms with van der Waals surface area (Å²) in [6.45, 7) is 10.5. The lowest BCUT2D eigenvalue weighted by Crippen LogP contribution is -2.27. The normalized spacial score (nSPS) is 23.6. The summed E-state index contributed by atoms with van der Waals surface area (Å²) < 4.78 is 21.3. The van der Waals surface area contributed by atoms with Crippen molar-refractivity contribution < 1.29 is 28.8 Å². The van der Waals surface area contributed by atoms with Gasteiger partial charge in [-0.1, -0.05) is 19.9 Å². The van der Waals surface area contributed by atoms with E-state index in [1.807, 2.05) is 0 Å². The molecule has 2 heterocycles. The van der Waals surface area contributed by atoms with E-state index in [1.54, 1.807) is 6.92 Å². The second kappa shape index (κ2) is 9.15. The molecule has 0 bridgehead atoms. The molecule has 21 heavy (non-hydrogen) atoms. The van der Waals surface area contributed by atoms with Crippen LogP contribution in [0.4, 0.5) is 0 Å². The van der Waals surface area contributed by atoms with Crippen molar-refractivity contribution in [3.05, 3.63) is 12.2 Å². The van der Waals surface area contributed by atoms with Crippen LogP contribution in [0, 0.1) is 5.41 Å². The van der Waals surface area contributed by atoms with Crippen molar-refractivity contribution in [3.8, 4) is 0 Å². The molecule has 0 aromatic rings. The van der Waals surface area contributed by atoms with Gasteiger partial charge in [-0.2, -0.15) is 0 Å². The third-order valence-corrected chi connectivity index (χ3v) is 2.71. The van der Waals surface area contributed by atoms with Gasteiger partial charge in [-0.15, -0.1) is 0 Å². The Labute approximate surface area is 126 Å². The van der Waals surface area contributed by atoms with Gasteiger partial charge in [-0.05, 0) is 6.92 Å². The molecular weight excluding hydrogens is 276 g/mol. The molecule has 2 rings (SSSR count). The molecule has 122 valence electrons. The molecule has 1 N–H and O–H groups in total. The Bertz CT molecular complexity index is 311. The molecule has 0 aromatic carbocycles. The predicted molar refractivity (Wildman–Crippen MR) is 77.3 cm³/mol. The first kappa shape index (κ1) is 18.1. The Morgan fingerprint density at radius 3 is 1.86 bits per heavy atom. The van der Waals surface area contributed by atoms with Crippen LogP contribution in [-0.2, 0) is 23.7 Å². The summed E-state index contributed by atoms with van der Waals surface area (Å²) in [7, 11) is 0. The van der Waals surface area contributed by atoms with Gasteiger partial charge in [0.05, 0.1) is 39.6 Å². The van der Waals surface area contributed by atoms with Crippen molar-refractivity contribution in [3.63, 3.8) is 0 Å². The number of hydrogen-bond donors (Lipinski definition) is 1. The van der Waals surface area contributed by atoms with Crippen LogP contribution in [-0.4, -0.2) is 62.9 Å². The Morgan fingerprint density at radius 2 is 1.62 bits per heavy atom.